The largest absolute Gasteiger partial charge is 0.497 e. The van der Waals surface area contributed by atoms with E-state index in [1.807, 2.05) is 64.1 Å². The lowest BCUT2D eigenvalue weighted by Crippen LogP contribution is -2.81. The highest BCUT2D eigenvalue weighted by atomic mass is 16.6. The Balaban J connectivity index is 0.000000206. The number of anilines is 1. The summed E-state index contributed by atoms with van der Waals surface area (Å²) in [5.41, 5.74) is -1.67. The van der Waals surface area contributed by atoms with Gasteiger partial charge in [0, 0.05) is 116 Å². The third-order valence-corrected chi connectivity index (χ3v) is 25.3. The third-order valence-electron chi connectivity index (χ3n) is 25.3. The molecule has 3 saturated carbocycles. The number of aromatic nitrogens is 1. The number of para-hydroxylation sites is 1. The predicted molar refractivity (Wildman–Crippen MR) is 379 cm³/mol. The minimum Gasteiger partial charge on any atom is -0.497 e. The summed E-state index contributed by atoms with van der Waals surface area (Å²) in [5, 5.41) is 26.3. The second kappa shape index (κ2) is 27.6. The number of rotatable bonds is 15. The van der Waals surface area contributed by atoms with E-state index in [0.29, 0.717) is 147 Å². The molecule has 3 N–H and O–H groups in total. The summed E-state index contributed by atoms with van der Waals surface area (Å²) in [6, 6.07) is 15.2. The van der Waals surface area contributed by atoms with Gasteiger partial charge in [-0.15, -0.1) is 0 Å². The number of aromatic amines is 1. The number of carbonyl (C=O) groups is 8. The standard InChI is InChI=1S/C46H56N4O10.C34H44O9/c1-7-42(55)22-28-23-45(40(53)58-5,36-30(14-18-48(24-28)25-42)29-12-9-10-13-33(29)47-36)32-20-31-34(21-35(32)57-4)50(26-51)38-44(31)16-19-49-17-11-15-43(8-2,37(44)49)39(60-27(3)52)46(38,56)41(54)59-6;1-18-25(37)16-24-32(42-21(4)36)31-19(2)26(43-29(38)15-22-14-23(39-8)10-11-27(22)40-9)12-13-34(31,7)17-28(41-20(3)35)30(18)33(24,5)6/h9-13,15,20-21,26,28,37-39,47,55-56H,7-8,14,16-19,22-25H2,1-6H3;10-11,14,24,26,28,31-32H,2,12-13,15-17H2,1,3-9H3/t28?,37-,38?,39?,42-,43+,44?,45-,46-;24-,26-,28-,31-,32+,34-/m00/s1. The highest BCUT2D eigenvalue weighted by Gasteiger charge is 2.81. The number of carbonyl (C=O) groups excluding carboxylic acids is 8. The minimum atomic E-state index is -2.53. The molecule has 23 heteroatoms. The molecule has 5 aliphatic heterocycles. The lowest BCUT2D eigenvalue weighted by atomic mass is 9.47. The second-order valence-electron chi connectivity index (χ2n) is 31.1. The summed E-state index contributed by atoms with van der Waals surface area (Å²) >= 11 is 0. The number of ketones is 1. The fourth-order valence-electron chi connectivity index (χ4n) is 21.2. The van der Waals surface area contributed by atoms with Gasteiger partial charge >= 0.3 is 35.8 Å². The number of methoxy groups -OCH3 is 5. The Morgan fingerprint density at radius 2 is 1.48 bits per heavy atom. The molecule has 5 fully saturated rings. The van der Waals surface area contributed by atoms with E-state index < -0.39 is 122 Å². The molecule has 4 bridgehead atoms. The van der Waals surface area contributed by atoms with Crippen LogP contribution in [0.1, 0.15) is 148 Å². The van der Waals surface area contributed by atoms with Crippen LogP contribution in [0.15, 0.2) is 90.0 Å². The summed E-state index contributed by atoms with van der Waals surface area (Å²) in [6.45, 7) is 23.2. The van der Waals surface area contributed by atoms with E-state index in [0.717, 1.165) is 22.0 Å². The van der Waals surface area contributed by atoms with E-state index in [4.69, 9.17) is 42.6 Å². The van der Waals surface area contributed by atoms with Gasteiger partial charge < -0.3 is 62.7 Å². The Hall–Kier alpha value is -8.38. The summed E-state index contributed by atoms with van der Waals surface area (Å²) in [4.78, 5) is 118. The maximum Gasteiger partial charge on any atom is 0.344 e. The third kappa shape index (κ3) is 11.8. The van der Waals surface area contributed by atoms with Crippen LogP contribution >= 0.6 is 0 Å². The zero-order chi connectivity index (χ0) is 74.4. The van der Waals surface area contributed by atoms with Gasteiger partial charge in [0.1, 0.15) is 41.0 Å². The van der Waals surface area contributed by atoms with Gasteiger partial charge in [0.2, 0.25) is 12.0 Å². The first-order valence-electron chi connectivity index (χ1n) is 36.1. The van der Waals surface area contributed by atoms with Gasteiger partial charge in [0.25, 0.3) is 0 Å². The fourth-order valence-corrected chi connectivity index (χ4v) is 21.2. The number of benzene rings is 3. The number of amides is 1. The molecule has 9 aliphatic rings. The van der Waals surface area contributed by atoms with Gasteiger partial charge in [-0.25, -0.2) is 4.79 Å². The van der Waals surface area contributed by atoms with Crippen LogP contribution in [0.4, 0.5) is 5.69 Å². The molecule has 1 spiro atoms. The molecule has 3 aromatic carbocycles. The number of Topliss-reactive ketones (excluding diaryl/α,β-unsaturated/α-hetero) is 1. The first kappa shape index (κ1) is 74.3. The van der Waals surface area contributed by atoms with Gasteiger partial charge in [-0.2, -0.15) is 0 Å². The molecule has 23 nitrogen and oxygen atoms in total. The van der Waals surface area contributed by atoms with E-state index in [1.165, 1.54) is 54.1 Å². The number of allylic oxidation sites excluding steroid dienone is 1. The van der Waals surface area contributed by atoms with Crippen molar-refractivity contribution in [2.45, 2.75) is 191 Å². The summed E-state index contributed by atoms with van der Waals surface area (Å²) in [5.74, 6) is -3.19. The number of nitrogens with one attached hydrogen (secondary N) is 1. The van der Waals surface area contributed by atoms with Gasteiger partial charge in [0.05, 0.1) is 59.3 Å². The van der Waals surface area contributed by atoms with Crippen LogP contribution in [0.5, 0.6) is 17.2 Å². The number of esters is 6. The Morgan fingerprint density at radius 1 is 0.767 bits per heavy atom. The zero-order valence-corrected chi connectivity index (χ0v) is 61.8. The number of hydrogen-bond acceptors (Lipinski definition) is 21. The SMILES string of the molecule is C=C1[C@@H](OC(=O)Cc2cc(OC)ccc2OC)CC[C@@]2(C)C[C@H](OC(C)=O)C3=C(C)C(=O)C[C@@H]([C@@H](OC(C)=O)[C@H]12)C3(C)C.CC[C@]1(O)CC2CN(CCc3c([nH]c4ccccc34)[C@@](C(=O)OC)(c3cc4c(cc3OC)N(C=O)C3C45CCN4CC=C[C@@](CC)(C(OC(C)=O)[C@]3(O)C(=O)OC)[C@H]45)C2)C1. The van der Waals surface area contributed by atoms with Crippen molar-refractivity contribution in [2.24, 2.45) is 34.0 Å². The highest BCUT2D eigenvalue weighted by Crippen LogP contribution is 2.69. The van der Waals surface area contributed by atoms with Crippen molar-refractivity contribution in [3.8, 4) is 17.2 Å². The molecule has 4 aliphatic carbocycles. The molecule has 554 valence electrons. The maximum atomic E-state index is 15.3. The van der Waals surface area contributed by atoms with Gasteiger partial charge in [-0.3, -0.25) is 43.4 Å². The molecule has 4 aromatic rings. The highest BCUT2D eigenvalue weighted by molar-refractivity contribution is 5.98. The lowest BCUT2D eigenvalue weighted by Gasteiger charge is -2.63. The topological polar surface area (TPSA) is 286 Å². The lowest BCUT2D eigenvalue weighted by molar-refractivity contribution is -0.228. The Labute approximate surface area is 601 Å². The van der Waals surface area contributed by atoms with Crippen LogP contribution in [0.3, 0.4) is 0 Å². The van der Waals surface area contributed by atoms with E-state index >= 15 is 4.79 Å². The van der Waals surface area contributed by atoms with E-state index in [2.05, 4.69) is 34.4 Å². The summed E-state index contributed by atoms with van der Waals surface area (Å²) < 4.78 is 52.5. The quantitative estimate of drug-likeness (QED) is 0.0433. The van der Waals surface area contributed by atoms with Crippen molar-refractivity contribution >= 4 is 64.6 Å². The fraction of sp³-hybridized carbons (Fsp3) is 0.575. The minimum absolute atomic E-state index is 0.0361. The van der Waals surface area contributed by atoms with Crippen LogP contribution in [-0.2, 0) is 90.4 Å². The predicted octanol–water partition coefficient (Wildman–Crippen LogP) is 8.85. The molecule has 16 atom stereocenters. The smallest absolute Gasteiger partial charge is 0.344 e. The summed E-state index contributed by atoms with van der Waals surface area (Å²) in [6.07, 6.45) is 5.51. The Morgan fingerprint density at radius 3 is 2.13 bits per heavy atom. The molecule has 6 heterocycles. The van der Waals surface area contributed by atoms with Gasteiger partial charge in [-0.05, 0) is 146 Å². The maximum absolute atomic E-state index is 15.3. The second-order valence-corrected chi connectivity index (χ2v) is 31.1. The molecular formula is C80H100N4O19. The molecular weight excluding hydrogens is 1320 g/mol. The van der Waals surface area contributed by atoms with Crippen molar-refractivity contribution in [1.29, 1.82) is 0 Å². The summed E-state index contributed by atoms with van der Waals surface area (Å²) in [7, 11) is 7.18. The molecule has 5 unspecified atom stereocenters. The van der Waals surface area contributed by atoms with Gasteiger partial charge in [0.15, 0.2) is 11.9 Å². The number of ether oxygens (including phenoxy) is 9. The van der Waals surface area contributed by atoms with E-state index in [-0.39, 0.29) is 31.0 Å². The van der Waals surface area contributed by atoms with Crippen molar-refractivity contribution in [3.63, 3.8) is 0 Å². The normalized spacial score (nSPS) is 33.7. The molecule has 1 aromatic heterocycles. The number of piperidine rings is 1. The van der Waals surface area contributed by atoms with Crippen LogP contribution < -0.4 is 19.1 Å². The molecule has 1 amide bonds. The molecule has 2 saturated heterocycles. The van der Waals surface area contributed by atoms with Gasteiger partial charge in [-0.1, -0.05) is 71.5 Å². The monoisotopic (exact) mass is 1420 g/mol. The van der Waals surface area contributed by atoms with Crippen LogP contribution in [0, 0.1) is 34.0 Å². The number of fused-ring (bicyclic) bond motifs is 9. The average molecular weight is 1420 g/mol. The number of aliphatic hydroxyl groups is 2. The van der Waals surface area contributed by atoms with Crippen LogP contribution in [0.25, 0.3) is 10.9 Å². The first-order chi connectivity index (χ1) is 48.9. The van der Waals surface area contributed by atoms with Crippen molar-refractivity contribution in [3.05, 3.63) is 118 Å². The molecule has 0 radical (unpaired) electrons. The van der Waals surface area contributed by atoms with Crippen molar-refractivity contribution in [2.75, 3.05) is 73.2 Å². The Kier molecular flexibility index (Phi) is 19.9. The number of H-pyrrole nitrogens is 1. The zero-order valence-electron chi connectivity index (χ0n) is 61.8. The van der Waals surface area contributed by atoms with E-state index in [1.54, 1.807) is 38.3 Å². The van der Waals surface area contributed by atoms with Crippen molar-refractivity contribution < 1.29 is 91.2 Å². The first-order valence-corrected chi connectivity index (χ1v) is 36.1. The van der Waals surface area contributed by atoms with Crippen LogP contribution in [0.2, 0.25) is 0 Å². The van der Waals surface area contributed by atoms with E-state index in [9.17, 15) is 43.8 Å². The molecule has 103 heavy (non-hydrogen) atoms. The van der Waals surface area contributed by atoms with Crippen LogP contribution in [-0.4, -0.2) is 189 Å². The van der Waals surface area contributed by atoms with Crippen molar-refractivity contribution in [1.82, 2.24) is 14.8 Å². The average Bonchev–Trinajstić information content (AvgIpc) is 1.50. The molecule has 13 rings (SSSR count). The number of nitrogens with zero attached hydrogens (tertiary/aromatic N) is 3. The Bertz CT molecular complexity index is 4170. The number of hydrogen-bond donors (Lipinski definition) is 3.